The number of aryl methyl sites for hydroxylation is 1. The topological polar surface area (TPSA) is 159 Å². The molecule has 2 aromatic carbocycles. The third kappa shape index (κ3) is 3.72. The van der Waals surface area contributed by atoms with Gasteiger partial charge in [-0.05, 0) is 25.1 Å². The van der Waals surface area contributed by atoms with Crippen molar-refractivity contribution in [3.05, 3.63) is 77.9 Å². The molecular formula is C14H10N4O7. The molecule has 0 aliphatic rings. The molecule has 0 radical (unpaired) electrons. The minimum atomic E-state index is -0.857. The van der Waals surface area contributed by atoms with Gasteiger partial charge in [-0.3, -0.25) is 35.1 Å². The second-order valence-electron chi connectivity index (χ2n) is 4.93. The predicted octanol–water partition coefficient (Wildman–Crippen LogP) is 2.97. The second kappa shape index (κ2) is 6.70. The van der Waals surface area contributed by atoms with Crippen LogP contribution in [0, 0.1) is 37.3 Å². The Hall–Kier alpha value is -3.89. The van der Waals surface area contributed by atoms with E-state index in [0.717, 1.165) is 24.3 Å². The maximum absolute atomic E-state index is 12.2. The van der Waals surface area contributed by atoms with Crippen LogP contribution in [0.1, 0.15) is 15.9 Å². The fourth-order valence-electron chi connectivity index (χ4n) is 2.09. The molecule has 0 bridgehead atoms. The molecule has 2 aromatic rings. The van der Waals surface area contributed by atoms with E-state index in [2.05, 4.69) is 5.32 Å². The largest absolute Gasteiger partial charge is 0.316 e. The van der Waals surface area contributed by atoms with Gasteiger partial charge in [-0.25, -0.2) is 0 Å². The van der Waals surface area contributed by atoms with Crippen LogP contribution in [0.2, 0.25) is 0 Å². The van der Waals surface area contributed by atoms with Gasteiger partial charge >= 0.3 is 0 Å². The number of anilines is 1. The molecular weight excluding hydrogens is 336 g/mol. The molecule has 0 heterocycles. The second-order valence-corrected chi connectivity index (χ2v) is 4.93. The van der Waals surface area contributed by atoms with E-state index in [4.69, 9.17) is 0 Å². The molecule has 0 aromatic heterocycles. The van der Waals surface area contributed by atoms with Crippen molar-refractivity contribution in [2.24, 2.45) is 0 Å². The van der Waals surface area contributed by atoms with Crippen LogP contribution in [-0.4, -0.2) is 20.7 Å². The molecule has 0 saturated carbocycles. The van der Waals surface area contributed by atoms with E-state index in [9.17, 15) is 35.1 Å². The highest BCUT2D eigenvalue weighted by Gasteiger charge is 2.22. The molecule has 0 atom stereocenters. The number of carbonyl (C=O) groups excluding carboxylic acids is 1. The van der Waals surface area contributed by atoms with Crippen LogP contribution in [0.15, 0.2) is 36.4 Å². The zero-order valence-corrected chi connectivity index (χ0v) is 12.7. The molecule has 2 rings (SSSR count). The average molecular weight is 346 g/mol. The molecule has 0 spiro atoms. The highest BCUT2D eigenvalue weighted by molar-refractivity contribution is 6.05. The van der Waals surface area contributed by atoms with E-state index >= 15 is 0 Å². The summed E-state index contributed by atoms with van der Waals surface area (Å²) in [5.74, 6) is -0.741. The summed E-state index contributed by atoms with van der Waals surface area (Å²) in [7, 11) is 0. The number of hydrogen-bond donors (Lipinski definition) is 1. The molecule has 0 fully saturated rings. The average Bonchev–Trinajstić information content (AvgIpc) is 2.54. The molecule has 0 unspecified atom stereocenters. The van der Waals surface area contributed by atoms with Crippen LogP contribution < -0.4 is 5.32 Å². The lowest BCUT2D eigenvalue weighted by Gasteiger charge is -2.07. The molecule has 0 aliphatic heterocycles. The van der Waals surface area contributed by atoms with Gasteiger partial charge in [-0.15, -0.1) is 0 Å². The smallest absolute Gasteiger partial charge is 0.299 e. The van der Waals surface area contributed by atoms with Gasteiger partial charge in [0.1, 0.15) is 5.69 Å². The molecule has 128 valence electrons. The van der Waals surface area contributed by atoms with E-state index in [-0.39, 0.29) is 22.5 Å². The van der Waals surface area contributed by atoms with Crippen molar-refractivity contribution in [3.63, 3.8) is 0 Å². The van der Waals surface area contributed by atoms with E-state index in [1.165, 1.54) is 19.1 Å². The number of rotatable bonds is 5. The lowest BCUT2D eigenvalue weighted by Crippen LogP contribution is -2.13. The minimum Gasteiger partial charge on any atom is -0.316 e. The summed E-state index contributed by atoms with van der Waals surface area (Å²) < 4.78 is 0. The number of nitro groups is 3. The van der Waals surface area contributed by atoms with Crippen LogP contribution in [0.25, 0.3) is 0 Å². The van der Waals surface area contributed by atoms with Crippen molar-refractivity contribution in [2.75, 3.05) is 5.32 Å². The standard InChI is InChI=1S/C14H10N4O7/c1-8-6-9(2-5-12(8)17(22)23)14(19)15-11-4-3-10(16(20)21)7-13(11)18(24)25/h2-7H,1H3,(H,15,19). The van der Waals surface area contributed by atoms with Crippen LogP contribution in [0.4, 0.5) is 22.7 Å². The first-order chi connectivity index (χ1) is 11.7. The number of benzene rings is 2. The third-order valence-electron chi connectivity index (χ3n) is 3.29. The van der Waals surface area contributed by atoms with Gasteiger partial charge in [0, 0.05) is 23.3 Å². The molecule has 25 heavy (non-hydrogen) atoms. The van der Waals surface area contributed by atoms with Gasteiger partial charge in [-0.2, -0.15) is 0 Å². The van der Waals surface area contributed by atoms with E-state index in [0.29, 0.717) is 0 Å². The Balaban J connectivity index is 2.34. The highest BCUT2D eigenvalue weighted by Crippen LogP contribution is 2.29. The van der Waals surface area contributed by atoms with Gasteiger partial charge in [-0.1, -0.05) is 0 Å². The van der Waals surface area contributed by atoms with Gasteiger partial charge in [0.2, 0.25) is 0 Å². The Kier molecular flexibility index (Phi) is 4.68. The summed E-state index contributed by atoms with van der Waals surface area (Å²) in [6, 6.07) is 6.42. The first kappa shape index (κ1) is 17.5. The summed E-state index contributed by atoms with van der Waals surface area (Å²) in [6.07, 6.45) is 0. The SMILES string of the molecule is Cc1cc(C(=O)Nc2ccc([N+](=O)[O-])cc2[N+](=O)[O-])ccc1[N+](=O)[O-]. The van der Waals surface area contributed by atoms with Crippen molar-refractivity contribution in [3.8, 4) is 0 Å². The zero-order valence-electron chi connectivity index (χ0n) is 12.7. The minimum absolute atomic E-state index is 0.0516. The summed E-state index contributed by atoms with van der Waals surface area (Å²) in [4.78, 5) is 42.5. The maximum atomic E-state index is 12.2. The molecule has 1 N–H and O–H groups in total. The molecule has 1 amide bonds. The number of hydrogen-bond acceptors (Lipinski definition) is 7. The van der Waals surface area contributed by atoms with Crippen LogP contribution >= 0.6 is 0 Å². The Bertz CT molecular complexity index is 910. The van der Waals surface area contributed by atoms with Crippen LogP contribution in [-0.2, 0) is 0 Å². The van der Waals surface area contributed by atoms with Crippen LogP contribution in [0.3, 0.4) is 0 Å². The molecule has 0 aliphatic carbocycles. The quantitative estimate of drug-likeness (QED) is 0.643. The van der Waals surface area contributed by atoms with Crippen molar-refractivity contribution < 1.29 is 19.6 Å². The van der Waals surface area contributed by atoms with E-state index in [1.807, 2.05) is 0 Å². The number of non-ortho nitro benzene ring substituents is 1. The Morgan fingerprint density at radius 1 is 0.880 bits per heavy atom. The van der Waals surface area contributed by atoms with Crippen molar-refractivity contribution in [1.29, 1.82) is 0 Å². The monoisotopic (exact) mass is 346 g/mol. The van der Waals surface area contributed by atoms with Gasteiger partial charge in [0.05, 0.1) is 20.8 Å². The highest BCUT2D eigenvalue weighted by atomic mass is 16.6. The Morgan fingerprint density at radius 2 is 1.52 bits per heavy atom. The summed E-state index contributed by atoms with van der Waals surface area (Å²) in [6.45, 7) is 1.45. The van der Waals surface area contributed by atoms with Crippen molar-refractivity contribution in [2.45, 2.75) is 6.92 Å². The lowest BCUT2D eigenvalue weighted by molar-refractivity contribution is -0.393. The normalized spacial score (nSPS) is 10.1. The van der Waals surface area contributed by atoms with E-state index < -0.39 is 32.1 Å². The van der Waals surface area contributed by atoms with Gasteiger partial charge in [0.25, 0.3) is 23.0 Å². The molecule has 0 saturated heterocycles. The fourth-order valence-corrected chi connectivity index (χ4v) is 2.09. The fraction of sp³-hybridized carbons (Fsp3) is 0.0714. The van der Waals surface area contributed by atoms with Crippen LogP contribution in [0.5, 0.6) is 0 Å². The third-order valence-corrected chi connectivity index (χ3v) is 3.29. The number of nitro benzene ring substituents is 3. The number of nitrogens with zero attached hydrogens (tertiary/aromatic N) is 3. The Labute approximate surface area is 139 Å². The van der Waals surface area contributed by atoms with Gasteiger partial charge in [0.15, 0.2) is 0 Å². The molecule has 11 nitrogen and oxygen atoms in total. The zero-order chi connectivity index (χ0) is 18.7. The maximum Gasteiger partial charge on any atom is 0.299 e. The Morgan fingerprint density at radius 3 is 2.04 bits per heavy atom. The summed E-state index contributed by atoms with van der Waals surface area (Å²) in [5.41, 5.74) is -1.22. The number of carbonyl (C=O) groups is 1. The van der Waals surface area contributed by atoms with Crippen molar-refractivity contribution >= 4 is 28.7 Å². The first-order valence-electron chi connectivity index (χ1n) is 6.70. The summed E-state index contributed by atoms with van der Waals surface area (Å²) in [5, 5.41) is 34.8. The molecule has 11 heteroatoms. The lowest BCUT2D eigenvalue weighted by atomic mass is 10.1. The van der Waals surface area contributed by atoms with Crippen molar-refractivity contribution in [1.82, 2.24) is 0 Å². The van der Waals surface area contributed by atoms with E-state index in [1.54, 1.807) is 0 Å². The number of amides is 1. The number of nitrogens with one attached hydrogen (secondary N) is 1. The summed E-state index contributed by atoms with van der Waals surface area (Å²) >= 11 is 0. The van der Waals surface area contributed by atoms with Gasteiger partial charge < -0.3 is 5.32 Å². The predicted molar refractivity (Wildman–Crippen MR) is 85.5 cm³/mol. The first-order valence-corrected chi connectivity index (χ1v) is 6.70.